The van der Waals surface area contributed by atoms with Crippen molar-refractivity contribution >= 4 is 23.4 Å². The molecule has 9 nitrogen and oxygen atoms in total. The molecule has 0 spiro atoms. The van der Waals surface area contributed by atoms with Gasteiger partial charge in [-0.1, -0.05) is 18.2 Å². The van der Waals surface area contributed by atoms with E-state index in [2.05, 4.69) is 0 Å². The Labute approximate surface area is 161 Å². The molecule has 2 aromatic rings. The van der Waals surface area contributed by atoms with Gasteiger partial charge in [0.25, 0.3) is 5.91 Å². The minimum absolute atomic E-state index is 0.0371. The van der Waals surface area contributed by atoms with E-state index in [4.69, 9.17) is 4.42 Å². The van der Waals surface area contributed by atoms with E-state index in [1.807, 2.05) is 34.1 Å². The lowest BCUT2D eigenvalue weighted by Crippen LogP contribution is -2.51. The zero-order valence-electron chi connectivity index (χ0n) is 15.2. The summed E-state index contributed by atoms with van der Waals surface area (Å²) in [5, 5.41) is 10.7. The van der Waals surface area contributed by atoms with E-state index >= 15 is 0 Å². The Hall–Kier alpha value is -3.20. The molecule has 0 radical (unpaired) electrons. The number of furan rings is 1. The first-order valence-corrected chi connectivity index (χ1v) is 9.17. The van der Waals surface area contributed by atoms with Crippen molar-refractivity contribution < 1.29 is 18.9 Å². The fourth-order valence-electron chi connectivity index (χ4n) is 3.68. The zero-order valence-corrected chi connectivity index (χ0v) is 15.2. The van der Waals surface area contributed by atoms with Crippen molar-refractivity contribution in [2.24, 2.45) is 0 Å². The lowest BCUT2D eigenvalue weighted by Gasteiger charge is -2.34. The molecule has 9 heteroatoms. The van der Waals surface area contributed by atoms with Gasteiger partial charge in [0.1, 0.15) is 4.92 Å². The van der Waals surface area contributed by atoms with E-state index < -0.39 is 10.8 Å². The highest BCUT2D eigenvalue weighted by atomic mass is 16.6. The Kier molecular flexibility index (Phi) is 4.82. The molecule has 0 bridgehead atoms. The molecule has 2 aliphatic heterocycles. The van der Waals surface area contributed by atoms with Crippen LogP contribution in [0.25, 0.3) is 0 Å². The molecule has 0 saturated carbocycles. The first-order valence-electron chi connectivity index (χ1n) is 9.17. The molecule has 4 rings (SSSR count). The molecule has 1 aromatic carbocycles. The molecule has 2 amide bonds. The number of hydrogen-bond acceptors (Lipinski definition) is 6. The number of amides is 2. The van der Waals surface area contributed by atoms with E-state index in [0.29, 0.717) is 39.3 Å². The summed E-state index contributed by atoms with van der Waals surface area (Å²) < 4.78 is 4.99. The summed E-state index contributed by atoms with van der Waals surface area (Å²) in [7, 11) is 0. The smallest absolute Gasteiger partial charge is 0.395 e. The number of nitrogens with zero attached hydrogens (tertiary/aromatic N) is 4. The molecule has 2 aliphatic rings. The van der Waals surface area contributed by atoms with Crippen molar-refractivity contribution in [3.8, 4) is 0 Å². The molecule has 1 aromatic heterocycles. The summed E-state index contributed by atoms with van der Waals surface area (Å²) in [6.45, 7) is 3.02. The van der Waals surface area contributed by atoms with Gasteiger partial charge in [-0.2, -0.15) is 0 Å². The van der Waals surface area contributed by atoms with Gasteiger partial charge in [-0.3, -0.25) is 24.6 Å². The number of rotatable bonds is 4. The van der Waals surface area contributed by atoms with Crippen molar-refractivity contribution in [2.45, 2.75) is 6.42 Å². The molecule has 1 fully saturated rings. The highest BCUT2D eigenvalue weighted by Crippen LogP contribution is 2.27. The molecule has 28 heavy (non-hydrogen) atoms. The van der Waals surface area contributed by atoms with Crippen LogP contribution in [-0.2, 0) is 11.2 Å². The third kappa shape index (κ3) is 3.48. The van der Waals surface area contributed by atoms with E-state index in [1.165, 1.54) is 17.7 Å². The second-order valence-corrected chi connectivity index (χ2v) is 6.89. The topological polar surface area (TPSA) is 100 Å². The van der Waals surface area contributed by atoms with Crippen LogP contribution in [0.2, 0.25) is 0 Å². The zero-order chi connectivity index (χ0) is 19.7. The average molecular weight is 384 g/mol. The molecule has 0 aliphatic carbocycles. The number of carbonyl (C=O) groups is 2. The van der Waals surface area contributed by atoms with Crippen LogP contribution < -0.4 is 4.90 Å². The van der Waals surface area contributed by atoms with Gasteiger partial charge in [-0.05, 0) is 24.1 Å². The normalized spacial score (nSPS) is 16.9. The molecular weight excluding hydrogens is 364 g/mol. The first-order chi connectivity index (χ1) is 13.5. The molecule has 0 atom stereocenters. The number of piperazine rings is 1. The van der Waals surface area contributed by atoms with Crippen molar-refractivity contribution in [1.29, 1.82) is 0 Å². The minimum Gasteiger partial charge on any atom is -0.395 e. The van der Waals surface area contributed by atoms with Crippen LogP contribution in [0.4, 0.5) is 11.6 Å². The highest BCUT2D eigenvalue weighted by molar-refractivity contribution is 5.96. The Balaban J connectivity index is 1.31. The van der Waals surface area contributed by atoms with Crippen molar-refractivity contribution in [3.05, 3.63) is 57.8 Å². The molecule has 146 valence electrons. The third-order valence-corrected chi connectivity index (χ3v) is 5.19. The summed E-state index contributed by atoms with van der Waals surface area (Å²) in [6, 6.07) is 10.4. The van der Waals surface area contributed by atoms with Gasteiger partial charge >= 0.3 is 5.88 Å². The third-order valence-electron chi connectivity index (χ3n) is 5.19. The van der Waals surface area contributed by atoms with E-state index in [-0.39, 0.29) is 17.6 Å². The monoisotopic (exact) mass is 384 g/mol. The van der Waals surface area contributed by atoms with Crippen LogP contribution in [0, 0.1) is 10.1 Å². The fraction of sp³-hybridized carbons (Fsp3) is 0.368. The fourth-order valence-corrected chi connectivity index (χ4v) is 3.68. The van der Waals surface area contributed by atoms with Crippen LogP contribution in [-0.4, -0.2) is 65.8 Å². The molecular formula is C19H20N4O5. The minimum atomic E-state index is -0.670. The molecule has 0 N–H and O–H groups in total. The summed E-state index contributed by atoms with van der Waals surface area (Å²) >= 11 is 0. The maximum absolute atomic E-state index is 12.7. The maximum Gasteiger partial charge on any atom is 0.433 e. The highest BCUT2D eigenvalue weighted by Gasteiger charge is 2.29. The predicted octanol–water partition coefficient (Wildman–Crippen LogP) is 1.53. The van der Waals surface area contributed by atoms with E-state index in [1.54, 1.807) is 4.90 Å². The van der Waals surface area contributed by atoms with Crippen LogP contribution in [0.3, 0.4) is 0 Å². The lowest BCUT2D eigenvalue weighted by molar-refractivity contribution is -0.402. The summed E-state index contributed by atoms with van der Waals surface area (Å²) in [6.07, 6.45) is 0.874. The summed E-state index contributed by atoms with van der Waals surface area (Å²) in [4.78, 5) is 40.6. The standard InChI is InChI=1S/C19H20N4O5/c24-17(22-8-7-14-3-1-2-4-15(14)22)13-20-9-11-21(12-10-20)19(25)16-5-6-18(28-16)23(26)27/h1-6H,7-13H2. The Bertz CT molecular complexity index is 917. The average Bonchev–Trinajstić information content (AvgIpc) is 3.35. The number of hydrogen-bond donors (Lipinski definition) is 0. The lowest BCUT2D eigenvalue weighted by atomic mass is 10.2. The molecule has 1 saturated heterocycles. The van der Waals surface area contributed by atoms with Crippen molar-refractivity contribution in [1.82, 2.24) is 9.80 Å². The Morgan fingerprint density at radius 3 is 2.50 bits per heavy atom. The second kappa shape index (κ2) is 7.43. The number of para-hydroxylation sites is 1. The van der Waals surface area contributed by atoms with Gasteiger partial charge in [0.15, 0.2) is 5.76 Å². The van der Waals surface area contributed by atoms with E-state index in [9.17, 15) is 19.7 Å². The SMILES string of the molecule is O=C(c1ccc([N+](=O)[O-])o1)N1CCN(CC(=O)N2CCc3ccccc32)CC1. The molecule has 3 heterocycles. The van der Waals surface area contributed by atoms with Crippen LogP contribution in [0.15, 0.2) is 40.8 Å². The van der Waals surface area contributed by atoms with Gasteiger partial charge in [-0.25, -0.2) is 0 Å². The van der Waals surface area contributed by atoms with Crippen molar-refractivity contribution in [3.63, 3.8) is 0 Å². The number of fused-ring (bicyclic) bond motifs is 1. The summed E-state index contributed by atoms with van der Waals surface area (Å²) in [5.74, 6) is -0.790. The number of nitro groups is 1. The number of benzene rings is 1. The van der Waals surface area contributed by atoms with Gasteiger partial charge in [0.05, 0.1) is 12.6 Å². The first kappa shape index (κ1) is 18.2. The van der Waals surface area contributed by atoms with Gasteiger partial charge in [-0.15, -0.1) is 0 Å². The second-order valence-electron chi connectivity index (χ2n) is 6.89. The molecule has 0 unspecified atom stereocenters. The van der Waals surface area contributed by atoms with Gasteiger partial charge in [0, 0.05) is 38.4 Å². The van der Waals surface area contributed by atoms with Gasteiger partial charge < -0.3 is 14.2 Å². The Morgan fingerprint density at radius 1 is 1.04 bits per heavy atom. The quantitative estimate of drug-likeness (QED) is 0.585. The predicted molar refractivity (Wildman–Crippen MR) is 100 cm³/mol. The Morgan fingerprint density at radius 2 is 1.79 bits per heavy atom. The van der Waals surface area contributed by atoms with Gasteiger partial charge in [0.2, 0.25) is 5.91 Å². The van der Waals surface area contributed by atoms with E-state index in [0.717, 1.165) is 12.1 Å². The van der Waals surface area contributed by atoms with Crippen LogP contribution >= 0.6 is 0 Å². The van der Waals surface area contributed by atoms with Crippen LogP contribution in [0.5, 0.6) is 0 Å². The van der Waals surface area contributed by atoms with Crippen molar-refractivity contribution in [2.75, 3.05) is 44.2 Å². The van der Waals surface area contributed by atoms with Crippen LogP contribution in [0.1, 0.15) is 16.1 Å². The number of carbonyl (C=O) groups excluding carboxylic acids is 2. The number of anilines is 1. The maximum atomic E-state index is 12.7. The largest absolute Gasteiger partial charge is 0.433 e. The summed E-state index contributed by atoms with van der Waals surface area (Å²) in [5.41, 5.74) is 2.18.